The van der Waals surface area contributed by atoms with E-state index in [1.807, 2.05) is 20.8 Å². The molecule has 1 heterocycles. The summed E-state index contributed by atoms with van der Waals surface area (Å²) in [6.45, 7) is 6.58. The molecule has 1 unspecified atom stereocenters. The second-order valence-corrected chi connectivity index (χ2v) is 4.91. The lowest BCUT2D eigenvalue weighted by Gasteiger charge is -2.15. The van der Waals surface area contributed by atoms with Gasteiger partial charge in [0.1, 0.15) is 0 Å². The Morgan fingerprint density at radius 3 is 2.74 bits per heavy atom. The number of hydrogen-bond donors (Lipinski definition) is 2. The number of nitrogens with one attached hydrogen (secondary N) is 1. The molecule has 0 aliphatic rings. The number of rotatable bonds is 7. The van der Waals surface area contributed by atoms with Crippen LogP contribution in [0.4, 0.5) is 5.82 Å². The maximum atomic E-state index is 11.9. The van der Waals surface area contributed by atoms with Gasteiger partial charge in [-0.05, 0) is 19.3 Å². The van der Waals surface area contributed by atoms with Crippen LogP contribution in [0.1, 0.15) is 27.2 Å². The van der Waals surface area contributed by atoms with Crippen LogP contribution in [0.3, 0.4) is 0 Å². The summed E-state index contributed by atoms with van der Waals surface area (Å²) in [5.41, 5.74) is -0.223. The summed E-state index contributed by atoms with van der Waals surface area (Å²) >= 11 is 0. The van der Waals surface area contributed by atoms with Crippen LogP contribution in [0.15, 0.2) is 17.2 Å². The van der Waals surface area contributed by atoms with E-state index in [1.54, 1.807) is 6.20 Å². The summed E-state index contributed by atoms with van der Waals surface area (Å²) in [6.07, 6.45) is 3.71. The second kappa shape index (κ2) is 6.92. The van der Waals surface area contributed by atoms with Crippen LogP contribution in [-0.4, -0.2) is 27.2 Å². The van der Waals surface area contributed by atoms with Gasteiger partial charge >= 0.3 is 5.97 Å². The highest BCUT2D eigenvalue weighted by Crippen LogP contribution is 2.12. The van der Waals surface area contributed by atoms with Gasteiger partial charge < -0.3 is 15.0 Å². The molecule has 0 saturated carbocycles. The molecule has 0 aromatic carbocycles. The molecule has 0 radical (unpaired) electrons. The lowest BCUT2D eigenvalue weighted by molar-refractivity contribution is -0.141. The first-order valence-electron chi connectivity index (χ1n) is 6.47. The molecular formula is C13H21N3O3. The van der Waals surface area contributed by atoms with Crippen molar-refractivity contribution < 1.29 is 9.90 Å². The van der Waals surface area contributed by atoms with Crippen molar-refractivity contribution >= 4 is 11.8 Å². The van der Waals surface area contributed by atoms with E-state index in [0.717, 1.165) is 0 Å². The minimum absolute atomic E-state index is 0.208. The molecule has 0 aliphatic carbocycles. The Morgan fingerprint density at radius 1 is 1.53 bits per heavy atom. The molecule has 1 aromatic rings. The molecule has 0 saturated heterocycles. The van der Waals surface area contributed by atoms with E-state index >= 15 is 0 Å². The molecule has 0 fully saturated rings. The van der Waals surface area contributed by atoms with E-state index < -0.39 is 11.9 Å². The number of aliphatic carboxylic acids is 1. The smallest absolute Gasteiger partial charge is 0.308 e. The molecule has 1 aromatic heterocycles. The van der Waals surface area contributed by atoms with Crippen LogP contribution in [0.5, 0.6) is 0 Å². The van der Waals surface area contributed by atoms with Gasteiger partial charge in [-0.25, -0.2) is 4.98 Å². The average Bonchev–Trinajstić information content (AvgIpc) is 2.35. The highest BCUT2D eigenvalue weighted by molar-refractivity contribution is 5.70. The van der Waals surface area contributed by atoms with Crippen LogP contribution < -0.4 is 10.9 Å². The van der Waals surface area contributed by atoms with Gasteiger partial charge in [0, 0.05) is 25.5 Å². The second-order valence-electron chi connectivity index (χ2n) is 4.91. The van der Waals surface area contributed by atoms with E-state index in [4.69, 9.17) is 5.11 Å². The standard InChI is InChI=1S/C13H21N3O3/c1-4-16-6-5-14-11(12(16)17)15-8-10(13(18)19)7-9(2)3/h5-6,9-10H,4,7-8H2,1-3H3,(H,14,15)(H,18,19). The molecular weight excluding hydrogens is 246 g/mol. The summed E-state index contributed by atoms with van der Waals surface area (Å²) in [6, 6.07) is 0. The third-order valence-electron chi connectivity index (χ3n) is 2.88. The van der Waals surface area contributed by atoms with Gasteiger partial charge in [0.25, 0.3) is 5.56 Å². The Morgan fingerprint density at radius 2 is 2.21 bits per heavy atom. The lowest BCUT2D eigenvalue weighted by atomic mass is 9.97. The summed E-state index contributed by atoms with van der Waals surface area (Å²) in [5, 5.41) is 12.0. The largest absolute Gasteiger partial charge is 0.481 e. The Labute approximate surface area is 112 Å². The number of aryl methyl sites for hydroxylation is 1. The number of carbonyl (C=O) groups is 1. The Kier molecular flexibility index (Phi) is 5.54. The minimum atomic E-state index is -0.854. The molecule has 106 valence electrons. The monoisotopic (exact) mass is 267 g/mol. The molecule has 6 nitrogen and oxygen atoms in total. The van der Waals surface area contributed by atoms with E-state index in [2.05, 4.69) is 10.3 Å². The highest BCUT2D eigenvalue weighted by Gasteiger charge is 2.19. The van der Waals surface area contributed by atoms with E-state index in [9.17, 15) is 9.59 Å². The zero-order valence-electron chi connectivity index (χ0n) is 11.6. The normalized spacial score (nSPS) is 12.4. The fourth-order valence-corrected chi connectivity index (χ4v) is 1.88. The van der Waals surface area contributed by atoms with Crippen molar-refractivity contribution in [3.05, 3.63) is 22.7 Å². The van der Waals surface area contributed by atoms with Crippen LogP contribution in [0, 0.1) is 11.8 Å². The summed E-state index contributed by atoms with van der Waals surface area (Å²) in [4.78, 5) is 27.0. The van der Waals surface area contributed by atoms with Crippen molar-refractivity contribution in [2.45, 2.75) is 33.7 Å². The van der Waals surface area contributed by atoms with Crippen LogP contribution in [0.2, 0.25) is 0 Å². The number of carboxylic acid groups (broad SMARTS) is 1. The SMILES string of the molecule is CCn1ccnc(NCC(CC(C)C)C(=O)O)c1=O. The lowest BCUT2D eigenvalue weighted by Crippen LogP contribution is -2.29. The maximum absolute atomic E-state index is 11.9. The first kappa shape index (κ1) is 15.2. The fraction of sp³-hybridized carbons (Fsp3) is 0.615. The van der Waals surface area contributed by atoms with Crippen LogP contribution >= 0.6 is 0 Å². The van der Waals surface area contributed by atoms with E-state index in [0.29, 0.717) is 18.9 Å². The minimum Gasteiger partial charge on any atom is -0.481 e. The van der Waals surface area contributed by atoms with Gasteiger partial charge in [-0.15, -0.1) is 0 Å². The van der Waals surface area contributed by atoms with Gasteiger partial charge in [0.2, 0.25) is 0 Å². The van der Waals surface area contributed by atoms with Crippen molar-refractivity contribution in [1.29, 1.82) is 0 Å². The number of anilines is 1. The van der Waals surface area contributed by atoms with Crippen LogP contribution in [-0.2, 0) is 11.3 Å². The summed E-state index contributed by atoms with van der Waals surface area (Å²) < 4.78 is 1.52. The fourth-order valence-electron chi connectivity index (χ4n) is 1.88. The van der Waals surface area contributed by atoms with Crippen molar-refractivity contribution in [3.8, 4) is 0 Å². The molecule has 2 N–H and O–H groups in total. The number of carboxylic acids is 1. The van der Waals surface area contributed by atoms with Crippen molar-refractivity contribution in [2.75, 3.05) is 11.9 Å². The van der Waals surface area contributed by atoms with Gasteiger partial charge in [-0.1, -0.05) is 13.8 Å². The molecule has 0 aliphatic heterocycles. The third-order valence-corrected chi connectivity index (χ3v) is 2.88. The quantitative estimate of drug-likeness (QED) is 0.780. The summed E-state index contributed by atoms with van der Waals surface area (Å²) in [5.74, 6) is -0.872. The van der Waals surface area contributed by atoms with Crippen molar-refractivity contribution in [1.82, 2.24) is 9.55 Å². The Hall–Kier alpha value is -1.85. The zero-order chi connectivity index (χ0) is 14.4. The number of hydrogen-bond acceptors (Lipinski definition) is 4. The molecule has 0 amide bonds. The molecule has 19 heavy (non-hydrogen) atoms. The number of aromatic nitrogens is 2. The predicted octanol–water partition coefficient (Wildman–Crippen LogP) is 1.42. The predicted molar refractivity (Wildman–Crippen MR) is 73.2 cm³/mol. The zero-order valence-corrected chi connectivity index (χ0v) is 11.6. The van der Waals surface area contributed by atoms with Gasteiger partial charge in [-0.2, -0.15) is 0 Å². The topological polar surface area (TPSA) is 84.2 Å². The molecule has 6 heteroatoms. The van der Waals surface area contributed by atoms with Crippen LogP contribution in [0.25, 0.3) is 0 Å². The molecule has 0 spiro atoms. The molecule has 1 atom stereocenters. The molecule has 0 bridgehead atoms. The average molecular weight is 267 g/mol. The van der Waals surface area contributed by atoms with Gasteiger partial charge in [-0.3, -0.25) is 9.59 Å². The summed E-state index contributed by atoms with van der Waals surface area (Å²) in [7, 11) is 0. The Balaban J connectivity index is 2.74. The molecule has 1 rings (SSSR count). The third kappa shape index (κ3) is 4.39. The first-order valence-corrected chi connectivity index (χ1v) is 6.47. The number of nitrogens with zero attached hydrogens (tertiary/aromatic N) is 2. The van der Waals surface area contributed by atoms with E-state index in [1.165, 1.54) is 10.8 Å². The Bertz CT molecular complexity index is 482. The maximum Gasteiger partial charge on any atom is 0.308 e. The van der Waals surface area contributed by atoms with E-state index in [-0.39, 0.29) is 17.9 Å². The van der Waals surface area contributed by atoms with Gasteiger partial charge in [0.15, 0.2) is 5.82 Å². The van der Waals surface area contributed by atoms with Gasteiger partial charge in [0.05, 0.1) is 5.92 Å². The first-order chi connectivity index (χ1) is 8.95. The van der Waals surface area contributed by atoms with Crippen molar-refractivity contribution in [3.63, 3.8) is 0 Å². The van der Waals surface area contributed by atoms with Crippen molar-refractivity contribution in [2.24, 2.45) is 11.8 Å². The highest BCUT2D eigenvalue weighted by atomic mass is 16.4.